The first-order valence-corrected chi connectivity index (χ1v) is 4.32. The Morgan fingerprint density at radius 1 is 1.62 bits per heavy atom. The predicted molar refractivity (Wildman–Crippen MR) is 49.3 cm³/mol. The normalized spacial score (nSPS) is 16.8. The van der Waals surface area contributed by atoms with E-state index in [0.717, 1.165) is 13.1 Å². The van der Waals surface area contributed by atoms with Crippen LogP contribution in [0.4, 0.5) is 10.1 Å². The summed E-state index contributed by atoms with van der Waals surface area (Å²) < 4.78 is 13.2. The van der Waals surface area contributed by atoms with Crippen molar-refractivity contribution in [1.29, 1.82) is 0 Å². The maximum Gasteiger partial charge on any atom is 0.164 e. The second kappa shape index (κ2) is 3.30. The second-order valence-corrected chi connectivity index (χ2v) is 3.25. The number of hydrogen-bond donors (Lipinski definition) is 1. The number of hydrogen-bond acceptors (Lipinski definition) is 3. The molecule has 13 heavy (non-hydrogen) atoms. The van der Waals surface area contributed by atoms with Crippen molar-refractivity contribution in [2.75, 3.05) is 25.0 Å². The van der Waals surface area contributed by atoms with Gasteiger partial charge in [0.05, 0.1) is 17.9 Å². The minimum absolute atomic E-state index is 0.253. The van der Waals surface area contributed by atoms with Crippen molar-refractivity contribution in [2.24, 2.45) is 0 Å². The monoisotopic (exact) mass is 181 g/mol. The van der Waals surface area contributed by atoms with Gasteiger partial charge in [0, 0.05) is 26.3 Å². The molecule has 1 aliphatic heterocycles. The predicted octanol–water partition coefficient (Wildman–Crippen LogP) is 0.629. The Bertz CT molecular complexity index is 299. The molecule has 0 bridgehead atoms. The van der Waals surface area contributed by atoms with Crippen molar-refractivity contribution in [3.05, 3.63) is 24.3 Å². The van der Waals surface area contributed by atoms with Gasteiger partial charge in [0.15, 0.2) is 5.82 Å². The van der Waals surface area contributed by atoms with E-state index in [0.29, 0.717) is 11.7 Å². The number of likely N-dealkylation sites (N-methyl/N-ethyl adjacent to an activating group) is 1. The summed E-state index contributed by atoms with van der Waals surface area (Å²) in [5, 5.41) is 3.15. The SMILES string of the molecule is CN(c1ccncc1F)C1CNC1. The maximum absolute atomic E-state index is 13.2. The summed E-state index contributed by atoms with van der Waals surface area (Å²) in [5.74, 6) is -0.253. The first kappa shape index (κ1) is 8.44. The van der Waals surface area contributed by atoms with Crippen molar-refractivity contribution in [2.45, 2.75) is 6.04 Å². The smallest absolute Gasteiger partial charge is 0.164 e. The quantitative estimate of drug-likeness (QED) is 0.725. The molecule has 1 saturated heterocycles. The van der Waals surface area contributed by atoms with Crippen LogP contribution in [0, 0.1) is 5.82 Å². The van der Waals surface area contributed by atoms with Gasteiger partial charge in [-0.3, -0.25) is 4.98 Å². The molecule has 0 unspecified atom stereocenters. The van der Waals surface area contributed by atoms with Gasteiger partial charge in [-0.2, -0.15) is 0 Å². The van der Waals surface area contributed by atoms with Gasteiger partial charge in [-0.05, 0) is 6.07 Å². The summed E-state index contributed by atoms with van der Waals surface area (Å²) >= 11 is 0. The maximum atomic E-state index is 13.2. The van der Waals surface area contributed by atoms with Gasteiger partial charge >= 0.3 is 0 Å². The molecule has 2 heterocycles. The van der Waals surface area contributed by atoms with E-state index in [1.807, 2.05) is 11.9 Å². The van der Waals surface area contributed by atoms with Crippen LogP contribution in [0.25, 0.3) is 0 Å². The Balaban J connectivity index is 2.18. The molecule has 1 aromatic heterocycles. The third kappa shape index (κ3) is 1.49. The molecule has 70 valence electrons. The number of pyridine rings is 1. The Hall–Kier alpha value is -1.16. The lowest BCUT2D eigenvalue weighted by Crippen LogP contribution is -2.56. The van der Waals surface area contributed by atoms with E-state index in [4.69, 9.17) is 0 Å². The summed E-state index contributed by atoms with van der Waals surface area (Å²) in [4.78, 5) is 5.67. The molecule has 0 atom stereocenters. The summed E-state index contributed by atoms with van der Waals surface area (Å²) in [6.45, 7) is 1.86. The minimum Gasteiger partial charge on any atom is -0.367 e. The first-order valence-electron chi connectivity index (χ1n) is 4.32. The number of nitrogens with zero attached hydrogens (tertiary/aromatic N) is 2. The molecule has 0 radical (unpaired) electrons. The lowest BCUT2D eigenvalue weighted by Gasteiger charge is -2.37. The van der Waals surface area contributed by atoms with E-state index in [2.05, 4.69) is 10.3 Å². The van der Waals surface area contributed by atoms with Crippen molar-refractivity contribution >= 4 is 5.69 Å². The molecule has 0 aliphatic carbocycles. The van der Waals surface area contributed by atoms with Gasteiger partial charge in [-0.25, -0.2) is 4.39 Å². The summed E-state index contributed by atoms with van der Waals surface area (Å²) in [6.07, 6.45) is 2.86. The largest absolute Gasteiger partial charge is 0.367 e. The number of halogens is 1. The van der Waals surface area contributed by atoms with Crippen LogP contribution in [0.3, 0.4) is 0 Å². The molecular formula is C9H12FN3. The zero-order valence-electron chi connectivity index (χ0n) is 7.50. The topological polar surface area (TPSA) is 28.2 Å². The van der Waals surface area contributed by atoms with Crippen LogP contribution in [0.2, 0.25) is 0 Å². The lowest BCUT2D eigenvalue weighted by atomic mass is 10.1. The number of nitrogens with one attached hydrogen (secondary N) is 1. The van der Waals surface area contributed by atoms with Gasteiger partial charge < -0.3 is 10.2 Å². The molecule has 0 aromatic carbocycles. The highest BCUT2D eigenvalue weighted by Gasteiger charge is 2.23. The van der Waals surface area contributed by atoms with Gasteiger partial charge in [-0.15, -0.1) is 0 Å². The molecule has 1 fully saturated rings. The van der Waals surface area contributed by atoms with Crippen LogP contribution in [0.1, 0.15) is 0 Å². The summed E-state index contributed by atoms with van der Waals surface area (Å²) in [6, 6.07) is 2.12. The molecule has 3 nitrogen and oxygen atoms in total. The molecule has 1 N–H and O–H groups in total. The van der Waals surface area contributed by atoms with Crippen molar-refractivity contribution in [3.63, 3.8) is 0 Å². The zero-order valence-corrected chi connectivity index (χ0v) is 7.50. The molecule has 0 amide bonds. The van der Waals surface area contributed by atoms with E-state index in [-0.39, 0.29) is 5.82 Å². The van der Waals surface area contributed by atoms with E-state index < -0.39 is 0 Å². The van der Waals surface area contributed by atoms with Crippen molar-refractivity contribution in [1.82, 2.24) is 10.3 Å². The molecule has 0 spiro atoms. The molecule has 0 saturated carbocycles. The van der Waals surface area contributed by atoms with Crippen LogP contribution in [0.15, 0.2) is 18.5 Å². The Morgan fingerprint density at radius 3 is 2.92 bits per heavy atom. The average molecular weight is 181 g/mol. The number of anilines is 1. The van der Waals surface area contributed by atoms with Crippen LogP contribution in [-0.2, 0) is 0 Å². The molecule has 2 rings (SSSR count). The zero-order chi connectivity index (χ0) is 9.26. The fraction of sp³-hybridized carbons (Fsp3) is 0.444. The Kier molecular flexibility index (Phi) is 2.14. The standard InChI is InChI=1S/C9H12FN3/c1-13(7-4-12-5-7)9-2-3-11-6-8(9)10/h2-3,6-7,12H,4-5H2,1H3. The Morgan fingerprint density at radius 2 is 2.38 bits per heavy atom. The summed E-state index contributed by atoms with van der Waals surface area (Å²) in [5.41, 5.74) is 0.626. The van der Waals surface area contributed by atoms with Crippen LogP contribution >= 0.6 is 0 Å². The highest BCUT2D eigenvalue weighted by atomic mass is 19.1. The fourth-order valence-electron chi connectivity index (χ4n) is 1.40. The van der Waals surface area contributed by atoms with Gasteiger partial charge in [-0.1, -0.05) is 0 Å². The third-order valence-corrected chi connectivity index (χ3v) is 2.44. The molecular weight excluding hydrogens is 169 g/mol. The van der Waals surface area contributed by atoms with Crippen LogP contribution in [-0.4, -0.2) is 31.2 Å². The molecule has 4 heteroatoms. The summed E-state index contributed by atoms with van der Waals surface area (Å²) in [7, 11) is 1.91. The minimum atomic E-state index is -0.253. The Labute approximate surface area is 76.6 Å². The second-order valence-electron chi connectivity index (χ2n) is 3.25. The van der Waals surface area contributed by atoms with Gasteiger partial charge in [0.1, 0.15) is 0 Å². The first-order chi connectivity index (χ1) is 6.29. The van der Waals surface area contributed by atoms with E-state index >= 15 is 0 Å². The molecule has 1 aliphatic rings. The van der Waals surface area contributed by atoms with Crippen LogP contribution in [0.5, 0.6) is 0 Å². The van der Waals surface area contributed by atoms with E-state index in [9.17, 15) is 4.39 Å². The van der Waals surface area contributed by atoms with Crippen LogP contribution < -0.4 is 10.2 Å². The number of rotatable bonds is 2. The number of aromatic nitrogens is 1. The van der Waals surface area contributed by atoms with Crippen molar-refractivity contribution in [3.8, 4) is 0 Å². The highest BCUT2D eigenvalue weighted by Crippen LogP contribution is 2.19. The van der Waals surface area contributed by atoms with Gasteiger partial charge in [0.25, 0.3) is 0 Å². The average Bonchev–Trinajstić information content (AvgIpc) is 2.01. The van der Waals surface area contributed by atoms with E-state index in [1.165, 1.54) is 6.20 Å². The van der Waals surface area contributed by atoms with Gasteiger partial charge in [0.2, 0.25) is 0 Å². The van der Waals surface area contributed by atoms with Crippen molar-refractivity contribution < 1.29 is 4.39 Å². The lowest BCUT2D eigenvalue weighted by molar-refractivity contribution is 0.424. The fourth-order valence-corrected chi connectivity index (χ4v) is 1.40. The highest BCUT2D eigenvalue weighted by molar-refractivity contribution is 5.47. The molecule has 1 aromatic rings. The van der Waals surface area contributed by atoms with E-state index in [1.54, 1.807) is 12.3 Å². The third-order valence-electron chi connectivity index (χ3n) is 2.44.